The molecule has 2 N–H and O–H groups in total. The first kappa shape index (κ1) is 22.2. The molecule has 3 rings (SSSR count). The molecule has 0 spiro atoms. The van der Waals surface area contributed by atoms with Crippen LogP contribution in [0.3, 0.4) is 0 Å². The van der Waals surface area contributed by atoms with E-state index in [-0.39, 0.29) is 11.5 Å². The number of carbonyl (C=O) groups excluding carboxylic acids is 1. The SMILES string of the molecule is CCC1CCC(C)N(c2ccc(Cl)cc2C(=O)NCCc2ccc(C(=O)O)cc2)C1. The van der Waals surface area contributed by atoms with E-state index >= 15 is 0 Å². The van der Waals surface area contributed by atoms with Gasteiger partial charge in [0.25, 0.3) is 5.91 Å². The molecule has 1 fully saturated rings. The van der Waals surface area contributed by atoms with Crippen molar-refractivity contribution < 1.29 is 14.7 Å². The molecule has 30 heavy (non-hydrogen) atoms. The first-order chi connectivity index (χ1) is 14.4. The number of benzene rings is 2. The largest absolute Gasteiger partial charge is 0.478 e. The number of halogens is 1. The number of nitrogens with one attached hydrogen (secondary N) is 1. The van der Waals surface area contributed by atoms with Crippen molar-refractivity contribution in [3.8, 4) is 0 Å². The van der Waals surface area contributed by atoms with Crippen molar-refractivity contribution in [3.63, 3.8) is 0 Å². The summed E-state index contributed by atoms with van der Waals surface area (Å²) in [4.78, 5) is 26.3. The van der Waals surface area contributed by atoms with E-state index in [9.17, 15) is 9.59 Å². The fourth-order valence-electron chi connectivity index (χ4n) is 4.02. The molecule has 160 valence electrons. The van der Waals surface area contributed by atoms with Crippen LogP contribution in [-0.2, 0) is 6.42 Å². The second-order valence-electron chi connectivity index (χ2n) is 8.02. The Morgan fingerprint density at radius 3 is 2.57 bits per heavy atom. The Kier molecular flexibility index (Phi) is 7.38. The average molecular weight is 429 g/mol. The number of hydrogen-bond acceptors (Lipinski definition) is 3. The number of carboxylic acid groups (broad SMARTS) is 1. The molecule has 1 heterocycles. The van der Waals surface area contributed by atoms with Crippen LogP contribution in [0.4, 0.5) is 5.69 Å². The second kappa shape index (κ2) is 9.98. The third-order valence-electron chi connectivity index (χ3n) is 5.97. The highest BCUT2D eigenvalue weighted by Crippen LogP contribution is 2.32. The van der Waals surface area contributed by atoms with Crippen LogP contribution in [0, 0.1) is 5.92 Å². The summed E-state index contributed by atoms with van der Waals surface area (Å²) in [6, 6.07) is 12.6. The van der Waals surface area contributed by atoms with E-state index in [2.05, 4.69) is 24.1 Å². The minimum absolute atomic E-state index is 0.138. The van der Waals surface area contributed by atoms with Gasteiger partial charge in [0.05, 0.1) is 11.1 Å². The van der Waals surface area contributed by atoms with Crippen molar-refractivity contribution in [2.45, 2.75) is 45.6 Å². The van der Waals surface area contributed by atoms with Gasteiger partial charge >= 0.3 is 5.97 Å². The van der Waals surface area contributed by atoms with E-state index in [1.807, 2.05) is 12.1 Å². The van der Waals surface area contributed by atoms with Crippen LogP contribution in [0.5, 0.6) is 0 Å². The van der Waals surface area contributed by atoms with Crippen molar-refractivity contribution in [1.29, 1.82) is 0 Å². The van der Waals surface area contributed by atoms with E-state index in [0.29, 0.717) is 35.5 Å². The van der Waals surface area contributed by atoms with Crippen LogP contribution in [0.1, 0.15) is 59.4 Å². The zero-order chi connectivity index (χ0) is 21.7. The molecule has 0 saturated carbocycles. The molecule has 2 aromatic carbocycles. The van der Waals surface area contributed by atoms with Gasteiger partial charge in [-0.05, 0) is 68.0 Å². The number of nitrogens with zero attached hydrogens (tertiary/aromatic N) is 1. The summed E-state index contributed by atoms with van der Waals surface area (Å²) in [5, 5.41) is 12.5. The number of rotatable bonds is 7. The highest BCUT2D eigenvalue weighted by atomic mass is 35.5. The molecule has 1 saturated heterocycles. The van der Waals surface area contributed by atoms with Crippen LogP contribution < -0.4 is 10.2 Å². The van der Waals surface area contributed by atoms with Crippen LogP contribution in [-0.4, -0.2) is 36.1 Å². The van der Waals surface area contributed by atoms with E-state index in [4.69, 9.17) is 16.7 Å². The Balaban J connectivity index is 1.69. The molecule has 0 radical (unpaired) electrons. The topological polar surface area (TPSA) is 69.6 Å². The van der Waals surface area contributed by atoms with Crippen LogP contribution in [0.25, 0.3) is 0 Å². The fraction of sp³-hybridized carbons (Fsp3) is 0.417. The lowest BCUT2D eigenvalue weighted by Crippen LogP contribution is -2.43. The summed E-state index contributed by atoms with van der Waals surface area (Å²) in [5.74, 6) is -0.442. The monoisotopic (exact) mass is 428 g/mol. The maximum atomic E-state index is 13.0. The molecule has 6 heteroatoms. The molecule has 1 aliphatic heterocycles. The minimum atomic E-state index is -0.944. The summed E-state index contributed by atoms with van der Waals surface area (Å²) in [5.41, 5.74) is 2.77. The maximum Gasteiger partial charge on any atom is 0.335 e. The summed E-state index contributed by atoms with van der Waals surface area (Å²) < 4.78 is 0. The number of hydrogen-bond donors (Lipinski definition) is 2. The first-order valence-electron chi connectivity index (χ1n) is 10.6. The number of aromatic carboxylic acids is 1. The molecule has 0 bridgehead atoms. The van der Waals surface area contributed by atoms with Gasteiger partial charge in [0.15, 0.2) is 0 Å². The van der Waals surface area contributed by atoms with Gasteiger partial charge in [-0.25, -0.2) is 4.79 Å². The Bertz CT molecular complexity index is 898. The Labute approximate surface area is 183 Å². The van der Waals surface area contributed by atoms with Gasteiger partial charge in [0.1, 0.15) is 0 Å². The van der Waals surface area contributed by atoms with E-state index in [0.717, 1.165) is 30.6 Å². The van der Waals surface area contributed by atoms with Gasteiger partial charge in [0, 0.05) is 29.8 Å². The Morgan fingerprint density at radius 1 is 1.17 bits per heavy atom. The third-order valence-corrected chi connectivity index (χ3v) is 6.20. The number of carbonyl (C=O) groups is 2. The zero-order valence-corrected chi connectivity index (χ0v) is 18.3. The predicted molar refractivity (Wildman–Crippen MR) is 121 cm³/mol. The van der Waals surface area contributed by atoms with Crippen molar-refractivity contribution in [2.24, 2.45) is 5.92 Å². The standard InChI is InChI=1S/C24H29ClN2O3/c1-3-17-5-4-16(2)27(15-17)22-11-10-20(25)14-21(22)23(28)26-13-12-18-6-8-19(9-7-18)24(29)30/h6-11,14,16-17H,3-5,12-13,15H2,1-2H3,(H,26,28)(H,29,30). The lowest BCUT2D eigenvalue weighted by Gasteiger charge is -2.40. The molecule has 0 aromatic heterocycles. The van der Waals surface area contributed by atoms with Crippen molar-refractivity contribution in [3.05, 3.63) is 64.2 Å². The maximum absolute atomic E-state index is 13.0. The number of piperidine rings is 1. The van der Waals surface area contributed by atoms with E-state index in [1.54, 1.807) is 30.3 Å². The third kappa shape index (κ3) is 5.33. The molecule has 0 aliphatic carbocycles. The normalized spacial score (nSPS) is 18.8. The lowest BCUT2D eigenvalue weighted by atomic mass is 9.90. The smallest absolute Gasteiger partial charge is 0.335 e. The Morgan fingerprint density at radius 2 is 1.90 bits per heavy atom. The zero-order valence-electron chi connectivity index (χ0n) is 17.5. The summed E-state index contributed by atoms with van der Waals surface area (Å²) in [6.07, 6.45) is 4.11. The van der Waals surface area contributed by atoms with E-state index in [1.165, 1.54) is 6.42 Å². The Hall–Kier alpha value is -2.53. The molecule has 2 atom stereocenters. The average Bonchev–Trinajstić information content (AvgIpc) is 2.74. The van der Waals surface area contributed by atoms with Gasteiger partial charge < -0.3 is 15.3 Å². The summed E-state index contributed by atoms with van der Waals surface area (Å²) in [6.45, 7) is 5.85. The molecular formula is C24H29ClN2O3. The summed E-state index contributed by atoms with van der Waals surface area (Å²) in [7, 11) is 0. The summed E-state index contributed by atoms with van der Waals surface area (Å²) >= 11 is 6.22. The highest BCUT2D eigenvalue weighted by Gasteiger charge is 2.27. The van der Waals surface area contributed by atoms with Gasteiger partial charge in [-0.1, -0.05) is 37.1 Å². The first-order valence-corrected chi connectivity index (χ1v) is 10.9. The molecular weight excluding hydrogens is 400 g/mol. The van der Waals surface area contributed by atoms with Gasteiger partial charge in [0.2, 0.25) is 0 Å². The molecule has 2 unspecified atom stereocenters. The molecule has 5 nitrogen and oxygen atoms in total. The van der Waals surface area contributed by atoms with Crippen LogP contribution >= 0.6 is 11.6 Å². The number of carboxylic acids is 1. The number of amides is 1. The van der Waals surface area contributed by atoms with E-state index < -0.39 is 5.97 Å². The van der Waals surface area contributed by atoms with Gasteiger partial charge in [-0.2, -0.15) is 0 Å². The van der Waals surface area contributed by atoms with Crippen LogP contribution in [0.2, 0.25) is 5.02 Å². The molecule has 1 amide bonds. The quantitative estimate of drug-likeness (QED) is 0.649. The highest BCUT2D eigenvalue weighted by molar-refractivity contribution is 6.31. The fourth-order valence-corrected chi connectivity index (χ4v) is 4.19. The number of anilines is 1. The van der Waals surface area contributed by atoms with Gasteiger partial charge in [-0.3, -0.25) is 4.79 Å². The molecule has 2 aromatic rings. The van der Waals surface area contributed by atoms with Crippen molar-refractivity contribution in [2.75, 3.05) is 18.0 Å². The van der Waals surface area contributed by atoms with Crippen LogP contribution in [0.15, 0.2) is 42.5 Å². The predicted octanol–water partition coefficient (Wildman–Crippen LogP) is 5.03. The van der Waals surface area contributed by atoms with Crippen molar-refractivity contribution in [1.82, 2.24) is 5.32 Å². The minimum Gasteiger partial charge on any atom is -0.478 e. The lowest BCUT2D eigenvalue weighted by molar-refractivity contribution is 0.0696. The van der Waals surface area contributed by atoms with Crippen molar-refractivity contribution >= 4 is 29.2 Å². The second-order valence-corrected chi connectivity index (χ2v) is 8.46. The molecule has 1 aliphatic rings. The van der Waals surface area contributed by atoms with Gasteiger partial charge in [-0.15, -0.1) is 0 Å².